The first kappa shape index (κ1) is 26.2. The smallest absolute Gasteiger partial charge is 0.388 e. The molecule has 0 fully saturated rings. The molecule has 0 aliphatic rings. The third-order valence-corrected chi connectivity index (χ3v) is 9.29. The normalized spacial score (nSPS) is 11.9. The molecule has 37 heavy (non-hydrogen) atoms. The summed E-state index contributed by atoms with van der Waals surface area (Å²) in [5.41, 5.74) is 2.20. The zero-order chi connectivity index (χ0) is 27.0. The number of hydrogen-bond donors (Lipinski definition) is 0. The summed E-state index contributed by atoms with van der Waals surface area (Å²) in [7, 11) is -4.17. The van der Waals surface area contributed by atoms with E-state index in [2.05, 4.69) is 29.6 Å². The molecule has 2 aromatic carbocycles. The Labute approximate surface area is 218 Å². The fraction of sp³-hybridized carbons (Fsp3) is 0.269. The molecule has 0 spiro atoms. The molecule has 0 N–H and O–H groups in total. The molecule has 11 heteroatoms. The predicted molar refractivity (Wildman–Crippen MR) is 152 cm³/mol. The predicted octanol–water partition coefficient (Wildman–Crippen LogP) is 6.03. The van der Waals surface area contributed by atoms with Crippen LogP contribution in [-0.2, 0) is 4.79 Å². The summed E-state index contributed by atoms with van der Waals surface area (Å²) < 4.78 is 9.62. The first-order valence-corrected chi connectivity index (χ1v) is 19.0. The molecule has 4 rings (SSSR count). The minimum absolute atomic E-state index is 0.0170. The SMILES string of the molecule is CC(=O)N(c1nc(OC(=O)N(c2ccccc2)c2ccccc2)c2ncn([Si](C)(C)C)c2n1)[Si](C)(C)C. The Bertz CT molecular complexity index is 1390. The number of para-hydroxylation sites is 2. The van der Waals surface area contributed by atoms with E-state index in [-0.39, 0.29) is 17.7 Å². The Morgan fingerprint density at radius 3 is 1.84 bits per heavy atom. The Morgan fingerprint density at radius 1 is 0.838 bits per heavy atom. The van der Waals surface area contributed by atoms with Crippen molar-refractivity contribution in [3.63, 3.8) is 0 Å². The van der Waals surface area contributed by atoms with E-state index in [4.69, 9.17) is 9.72 Å². The Morgan fingerprint density at radius 2 is 1.38 bits per heavy atom. The molecule has 2 heterocycles. The maximum absolute atomic E-state index is 13.7. The first-order chi connectivity index (χ1) is 17.4. The summed E-state index contributed by atoms with van der Waals surface area (Å²) in [4.78, 5) is 41.8. The van der Waals surface area contributed by atoms with Gasteiger partial charge in [0.05, 0.1) is 17.7 Å². The van der Waals surface area contributed by atoms with Crippen LogP contribution in [0.15, 0.2) is 67.0 Å². The fourth-order valence-electron chi connectivity index (χ4n) is 4.08. The van der Waals surface area contributed by atoms with Crippen molar-refractivity contribution in [2.24, 2.45) is 0 Å². The maximum atomic E-state index is 13.7. The molecule has 0 saturated heterocycles. The second-order valence-electron chi connectivity index (χ2n) is 10.7. The highest BCUT2D eigenvalue weighted by Gasteiger charge is 2.33. The first-order valence-electron chi connectivity index (χ1n) is 12.1. The van der Waals surface area contributed by atoms with E-state index in [1.807, 2.05) is 84.5 Å². The molecule has 0 bridgehead atoms. The van der Waals surface area contributed by atoms with E-state index in [0.717, 1.165) is 0 Å². The zero-order valence-electron chi connectivity index (χ0n) is 22.3. The zero-order valence-corrected chi connectivity index (χ0v) is 24.3. The molecule has 0 aliphatic carbocycles. The van der Waals surface area contributed by atoms with Crippen LogP contribution in [0.5, 0.6) is 5.88 Å². The summed E-state index contributed by atoms with van der Waals surface area (Å²) in [5.74, 6) is 0.0707. The minimum Gasteiger partial charge on any atom is -0.388 e. The number of hydrogen-bond acceptors (Lipinski definition) is 6. The van der Waals surface area contributed by atoms with Crippen molar-refractivity contribution in [3.8, 4) is 5.88 Å². The van der Waals surface area contributed by atoms with E-state index in [1.54, 1.807) is 10.9 Å². The fourth-order valence-corrected chi connectivity index (χ4v) is 6.92. The lowest BCUT2D eigenvalue weighted by Crippen LogP contribution is -2.50. The third-order valence-electron chi connectivity index (χ3n) is 5.66. The average molecular weight is 533 g/mol. The number of ether oxygens (including phenoxy) is 1. The summed E-state index contributed by atoms with van der Waals surface area (Å²) in [6, 6.07) is 18.5. The lowest BCUT2D eigenvalue weighted by atomic mass is 10.2. The van der Waals surface area contributed by atoms with Gasteiger partial charge in [-0.05, 0) is 24.3 Å². The van der Waals surface area contributed by atoms with Crippen LogP contribution in [0.3, 0.4) is 0 Å². The van der Waals surface area contributed by atoms with Gasteiger partial charge in [0.15, 0.2) is 27.6 Å². The maximum Gasteiger partial charge on any atom is 0.425 e. The lowest BCUT2D eigenvalue weighted by molar-refractivity contribution is -0.115. The molecule has 9 nitrogen and oxygen atoms in total. The standard InChI is InChI=1S/C26H32N6O3Si2/c1-19(33)32(37(5,6)7)25-28-23-22(27-18-30(23)36(2,3)4)24(29-25)35-26(34)31(20-14-10-8-11-15-20)21-16-12-9-13-17-21/h8-18H,1-7H3. The van der Waals surface area contributed by atoms with Crippen molar-refractivity contribution < 1.29 is 14.3 Å². The quantitative estimate of drug-likeness (QED) is 0.281. The second kappa shape index (κ2) is 9.90. The molecule has 0 aliphatic heterocycles. The summed E-state index contributed by atoms with van der Waals surface area (Å²) in [6.07, 6.45) is 1.07. The van der Waals surface area contributed by atoms with Crippen molar-refractivity contribution in [1.29, 1.82) is 0 Å². The van der Waals surface area contributed by atoms with Gasteiger partial charge in [-0.2, -0.15) is 9.97 Å². The average Bonchev–Trinajstić information content (AvgIpc) is 3.24. The number of amides is 2. The van der Waals surface area contributed by atoms with Gasteiger partial charge in [0, 0.05) is 6.92 Å². The van der Waals surface area contributed by atoms with E-state index in [0.29, 0.717) is 22.5 Å². The number of carbonyl (C=O) groups is 2. The lowest BCUT2D eigenvalue weighted by Gasteiger charge is -2.31. The highest BCUT2D eigenvalue weighted by molar-refractivity contribution is 6.82. The van der Waals surface area contributed by atoms with Crippen LogP contribution in [-0.4, -0.2) is 47.7 Å². The molecular formula is C26H32N6O3Si2. The van der Waals surface area contributed by atoms with Gasteiger partial charge >= 0.3 is 6.09 Å². The molecular weight excluding hydrogens is 500 g/mol. The molecule has 2 aromatic heterocycles. The van der Waals surface area contributed by atoms with Gasteiger partial charge < -0.3 is 13.5 Å². The van der Waals surface area contributed by atoms with E-state index in [1.165, 1.54) is 11.8 Å². The van der Waals surface area contributed by atoms with Crippen LogP contribution in [0.2, 0.25) is 39.3 Å². The van der Waals surface area contributed by atoms with E-state index < -0.39 is 22.6 Å². The molecule has 2 amide bonds. The van der Waals surface area contributed by atoms with Gasteiger partial charge in [0.2, 0.25) is 11.9 Å². The van der Waals surface area contributed by atoms with Crippen molar-refractivity contribution in [1.82, 2.24) is 19.2 Å². The summed E-state index contributed by atoms with van der Waals surface area (Å²) >= 11 is 0. The molecule has 0 atom stereocenters. The number of rotatable bonds is 6. The van der Waals surface area contributed by atoms with Crippen molar-refractivity contribution in [2.75, 3.05) is 9.47 Å². The van der Waals surface area contributed by atoms with E-state index >= 15 is 0 Å². The molecule has 0 radical (unpaired) electrons. The van der Waals surface area contributed by atoms with Crippen molar-refractivity contribution in [2.45, 2.75) is 46.2 Å². The number of nitrogens with zero attached hydrogens (tertiary/aromatic N) is 6. The highest BCUT2D eigenvalue weighted by Crippen LogP contribution is 2.31. The van der Waals surface area contributed by atoms with Gasteiger partial charge in [0.25, 0.3) is 5.88 Å². The highest BCUT2D eigenvalue weighted by atomic mass is 28.3. The van der Waals surface area contributed by atoms with Crippen molar-refractivity contribution >= 4 is 57.0 Å². The molecule has 192 valence electrons. The topological polar surface area (TPSA) is 93.5 Å². The monoisotopic (exact) mass is 532 g/mol. The third kappa shape index (κ3) is 5.47. The number of benzene rings is 2. The minimum atomic E-state index is -2.22. The van der Waals surface area contributed by atoms with Crippen molar-refractivity contribution in [3.05, 3.63) is 67.0 Å². The number of carbonyl (C=O) groups excluding carboxylic acids is 2. The van der Waals surface area contributed by atoms with Crippen LogP contribution < -0.4 is 14.2 Å². The largest absolute Gasteiger partial charge is 0.425 e. The van der Waals surface area contributed by atoms with Gasteiger partial charge in [-0.3, -0.25) is 4.79 Å². The number of aromatic nitrogens is 4. The Balaban J connectivity index is 1.88. The van der Waals surface area contributed by atoms with E-state index in [9.17, 15) is 9.59 Å². The van der Waals surface area contributed by atoms with Gasteiger partial charge in [0.1, 0.15) is 0 Å². The van der Waals surface area contributed by atoms with Crippen LogP contribution >= 0.6 is 0 Å². The number of fused-ring (bicyclic) bond motifs is 1. The van der Waals surface area contributed by atoms with Crippen LogP contribution in [0, 0.1) is 0 Å². The number of anilines is 3. The van der Waals surface area contributed by atoms with Gasteiger partial charge in [-0.1, -0.05) is 75.7 Å². The Hall–Kier alpha value is -3.84. The molecule has 0 saturated carbocycles. The molecule has 0 unspecified atom stereocenters. The second-order valence-corrected chi connectivity index (χ2v) is 20.3. The van der Waals surface area contributed by atoms with Gasteiger partial charge in [-0.15, -0.1) is 0 Å². The molecule has 4 aromatic rings. The number of imidazole rings is 1. The van der Waals surface area contributed by atoms with Crippen LogP contribution in [0.4, 0.5) is 22.1 Å². The van der Waals surface area contributed by atoms with Crippen LogP contribution in [0.25, 0.3) is 11.2 Å². The van der Waals surface area contributed by atoms with Gasteiger partial charge in [-0.25, -0.2) is 14.7 Å². The summed E-state index contributed by atoms with van der Waals surface area (Å²) in [6.45, 7) is 14.1. The summed E-state index contributed by atoms with van der Waals surface area (Å²) in [5, 5.41) is 0. The van der Waals surface area contributed by atoms with Crippen LogP contribution in [0.1, 0.15) is 6.92 Å². The Kier molecular flexibility index (Phi) is 7.02.